The third-order valence-corrected chi connectivity index (χ3v) is 6.15. The second-order valence-electron chi connectivity index (χ2n) is 7.85. The molecule has 1 aliphatic heterocycles. The molecule has 0 spiro atoms. The van der Waals surface area contributed by atoms with Crippen LogP contribution >= 0.6 is 0 Å². The van der Waals surface area contributed by atoms with Crippen LogP contribution in [0.3, 0.4) is 0 Å². The quantitative estimate of drug-likeness (QED) is 0.697. The summed E-state index contributed by atoms with van der Waals surface area (Å²) < 4.78 is 27.5. The highest BCUT2D eigenvalue weighted by molar-refractivity contribution is 7.86. The minimum Gasteiger partial charge on any atom is -0.295 e. The molecular formula is C19H37NO3S. The first-order valence-corrected chi connectivity index (χ1v) is 12.0. The van der Waals surface area contributed by atoms with Crippen LogP contribution in [0.5, 0.6) is 0 Å². The van der Waals surface area contributed by atoms with Gasteiger partial charge in [0.05, 0.1) is 6.26 Å². The lowest BCUT2D eigenvalue weighted by atomic mass is 9.96. The molecule has 24 heavy (non-hydrogen) atoms. The Morgan fingerprint density at radius 2 is 1.08 bits per heavy atom. The molecule has 5 heteroatoms. The van der Waals surface area contributed by atoms with Gasteiger partial charge in [-0.3, -0.25) is 9.08 Å². The molecule has 4 nitrogen and oxygen atoms in total. The number of nitrogens with zero attached hydrogens (tertiary/aromatic N) is 1. The Morgan fingerprint density at radius 1 is 0.708 bits per heavy atom. The van der Waals surface area contributed by atoms with Gasteiger partial charge in [0.1, 0.15) is 6.10 Å². The SMILES string of the molecule is CS(=O)(=O)OC1CN(C2CCCCCCCCCCCCCC2)C1. The average Bonchev–Trinajstić information content (AvgIpc) is 2.48. The topological polar surface area (TPSA) is 46.6 Å². The first-order chi connectivity index (χ1) is 11.5. The van der Waals surface area contributed by atoms with Gasteiger partial charge in [-0.05, 0) is 12.8 Å². The summed E-state index contributed by atoms with van der Waals surface area (Å²) >= 11 is 0. The van der Waals surface area contributed by atoms with E-state index >= 15 is 0 Å². The monoisotopic (exact) mass is 359 g/mol. The van der Waals surface area contributed by atoms with Crippen molar-refractivity contribution in [3.63, 3.8) is 0 Å². The van der Waals surface area contributed by atoms with Crippen molar-refractivity contribution in [3.05, 3.63) is 0 Å². The summed E-state index contributed by atoms with van der Waals surface area (Å²) in [6, 6.07) is 0.634. The number of likely N-dealkylation sites (tertiary alicyclic amines) is 1. The van der Waals surface area contributed by atoms with Gasteiger partial charge in [-0.2, -0.15) is 8.42 Å². The highest BCUT2D eigenvalue weighted by atomic mass is 32.2. The van der Waals surface area contributed by atoms with Crippen molar-refractivity contribution in [2.45, 2.75) is 102 Å². The van der Waals surface area contributed by atoms with Crippen LogP contribution in [0.4, 0.5) is 0 Å². The van der Waals surface area contributed by atoms with Gasteiger partial charge in [0.2, 0.25) is 0 Å². The lowest BCUT2D eigenvalue weighted by molar-refractivity contribution is -0.0111. The van der Waals surface area contributed by atoms with Crippen molar-refractivity contribution in [1.29, 1.82) is 0 Å². The molecule has 0 radical (unpaired) electrons. The Kier molecular flexibility index (Phi) is 9.06. The summed E-state index contributed by atoms with van der Waals surface area (Å²) in [6.45, 7) is 1.58. The standard InChI is InChI=1S/C19H37NO3S/c1-24(21,22)23-19-16-20(17-19)18-14-12-10-8-6-4-2-3-5-7-9-11-13-15-18/h18-19H,2-17H2,1H3. The molecule has 2 fully saturated rings. The molecule has 1 heterocycles. The number of rotatable bonds is 3. The van der Waals surface area contributed by atoms with Gasteiger partial charge in [0, 0.05) is 19.1 Å². The molecule has 2 aliphatic rings. The summed E-state index contributed by atoms with van der Waals surface area (Å²) in [5.41, 5.74) is 0. The maximum atomic E-state index is 11.2. The molecule has 0 aromatic rings. The zero-order chi connectivity index (χ0) is 17.3. The van der Waals surface area contributed by atoms with E-state index in [4.69, 9.17) is 4.18 Å². The van der Waals surface area contributed by atoms with Crippen molar-refractivity contribution in [3.8, 4) is 0 Å². The fraction of sp³-hybridized carbons (Fsp3) is 1.00. The second kappa shape index (κ2) is 10.8. The highest BCUT2D eigenvalue weighted by Gasteiger charge is 2.34. The van der Waals surface area contributed by atoms with E-state index in [0.29, 0.717) is 6.04 Å². The summed E-state index contributed by atoms with van der Waals surface area (Å²) in [7, 11) is -3.31. The van der Waals surface area contributed by atoms with Gasteiger partial charge < -0.3 is 0 Å². The van der Waals surface area contributed by atoms with E-state index in [1.54, 1.807) is 0 Å². The highest BCUT2D eigenvalue weighted by Crippen LogP contribution is 2.25. The molecule has 1 saturated heterocycles. The molecule has 142 valence electrons. The van der Waals surface area contributed by atoms with E-state index < -0.39 is 10.1 Å². The van der Waals surface area contributed by atoms with E-state index in [0.717, 1.165) is 19.3 Å². The normalized spacial score (nSPS) is 25.5. The van der Waals surface area contributed by atoms with Crippen LogP contribution < -0.4 is 0 Å². The average molecular weight is 360 g/mol. The van der Waals surface area contributed by atoms with Gasteiger partial charge in [-0.15, -0.1) is 0 Å². The van der Waals surface area contributed by atoms with Gasteiger partial charge >= 0.3 is 0 Å². The van der Waals surface area contributed by atoms with Crippen LogP contribution in [0.1, 0.15) is 89.9 Å². The molecule has 0 amide bonds. The Bertz CT molecular complexity index is 416. The molecule has 0 aromatic heterocycles. The third-order valence-electron chi connectivity index (χ3n) is 5.53. The van der Waals surface area contributed by atoms with Gasteiger partial charge in [-0.25, -0.2) is 0 Å². The maximum absolute atomic E-state index is 11.2. The van der Waals surface area contributed by atoms with Crippen molar-refractivity contribution < 1.29 is 12.6 Å². The minimum atomic E-state index is -3.31. The minimum absolute atomic E-state index is 0.114. The molecule has 0 atom stereocenters. The van der Waals surface area contributed by atoms with E-state index in [-0.39, 0.29) is 6.10 Å². The Balaban J connectivity index is 1.73. The van der Waals surface area contributed by atoms with Gasteiger partial charge in [0.25, 0.3) is 10.1 Å². The van der Waals surface area contributed by atoms with Crippen LogP contribution in [0.2, 0.25) is 0 Å². The molecule has 0 aromatic carbocycles. The molecular weight excluding hydrogens is 322 g/mol. The second-order valence-corrected chi connectivity index (χ2v) is 9.45. The van der Waals surface area contributed by atoms with Crippen molar-refractivity contribution in [2.24, 2.45) is 0 Å². The lowest BCUT2D eigenvalue weighted by Gasteiger charge is -2.43. The van der Waals surface area contributed by atoms with E-state index in [9.17, 15) is 8.42 Å². The first-order valence-electron chi connectivity index (χ1n) is 10.2. The van der Waals surface area contributed by atoms with Crippen LogP contribution in [0.25, 0.3) is 0 Å². The lowest BCUT2D eigenvalue weighted by Crippen LogP contribution is -2.56. The zero-order valence-corrected chi connectivity index (χ0v) is 16.4. The zero-order valence-electron chi connectivity index (χ0n) is 15.5. The maximum Gasteiger partial charge on any atom is 0.264 e. The van der Waals surface area contributed by atoms with Crippen molar-refractivity contribution in [2.75, 3.05) is 19.3 Å². The molecule has 1 saturated carbocycles. The Morgan fingerprint density at radius 3 is 1.46 bits per heavy atom. The van der Waals surface area contributed by atoms with Gasteiger partial charge in [0.15, 0.2) is 0 Å². The van der Waals surface area contributed by atoms with E-state index in [2.05, 4.69) is 4.90 Å². The summed E-state index contributed by atoms with van der Waals surface area (Å²) in [5, 5.41) is 0. The largest absolute Gasteiger partial charge is 0.295 e. The predicted octanol–water partition coefficient (Wildman–Crippen LogP) is 4.49. The summed E-state index contributed by atoms with van der Waals surface area (Å²) in [4.78, 5) is 2.45. The molecule has 2 rings (SSSR count). The van der Waals surface area contributed by atoms with E-state index in [1.165, 1.54) is 89.9 Å². The van der Waals surface area contributed by atoms with Crippen LogP contribution in [-0.2, 0) is 14.3 Å². The van der Waals surface area contributed by atoms with E-state index in [1.807, 2.05) is 0 Å². The van der Waals surface area contributed by atoms with Crippen molar-refractivity contribution in [1.82, 2.24) is 4.90 Å². The molecule has 0 N–H and O–H groups in total. The predicted molar refractivity (Wildman–Crippen MR) is 99.7 cm³/mol. The molecule has 0 bridgehead atoms. The third kappa shape index (κ3) is 8.30. The van der Waals surface area contributed by atoms with Gasteiger partial charge in [-0.1, -0.05) is 77.0 Å². The molecule has 0 unspecified atom stereocenters. The fourth-order valence-corrected chi connectivity index (χ4v) is 4.73. The Hall–Kier alpha value is -0.130. The van der Waals surface area contributed by atoms with Crippen LogP contribution in [0, 0.1) is 0 Å². The fourth-order valence-electron chi connectivity index (χ4n) is 4.11. The number of hydrogen-bond acceptors (Lipinski definition) is 4. The Labute approximate surface area is 149 Å². The van der Waals surface area contributed by atoms with Crippen LogP contribution in [-0.4, -0.2) is 44.8 Å². The van der Waals surface area contributed by atoms with Crippen LogP contribution in [0.15, 0.2) is 0 Å². The number of hydrogen-bond donors (Lipinski definition) is 0. The molecule has 1 aliphatic carbocycles. The van der Waals surface area contributed by atoms with Crippen molar-refractivity contribution >= 4 is 10.1 Å². The summed E-state index contributed by atoms with van der Waals surface area (Å²) in [6.07, 6.45) is 20.2. The smallest absolute Gasteiger partial charge is 0.264 e. The first kappa shape index (κ1) is 20.2. The summed E-state index contributed by atoms with van der Waals surface area (Å²) in [5.74, 6) is 0.